The number of hydrogen-bond acceptors (Lipinski definition) is 6. The number of amides is 2. The van der Waals surface area contributed by atoms with Crippen LogP contribution >= 0.6 is 0 Å². The molecule has 3 aromatic rings. The molecule has 2 aromatic carbocycles. The first kappa shape index (κ1) is 21.9. The van der Waals surface area contributed by atoms with E-state index >= 15 is 0 Å². The number of sulfonamides is 1. The van der Waals surface area contributed by atoms with Crippen LogP contribution in [0.15, 0.2) is 82.7 Å². The summed E-state index contributed by atoms with van der Waals surface area (Å²) >= 11 is 0. The van der Waals surface area contributed by atoms with Gasteiger partial charge in [-0.05, 0) is 29.8 Å². The first-order valence-corrected chi connectivity index (χ1v) is 10.6. The molecule has 31 heavy (non-hydrogen) atoms. The van der Waals surface area contributed by atoms with Gasteiger partial charge in [-0.2, -0.15) is 0 Å². The molecule has 0 unspecified atom stereocenters. The summed E-state index contributed by atoms with van der Waals surface area (Å²) in [6, 6.07) is 15.9. The maximum absolute atomic E-state index is 12.5. The van der Waals surface area contributed by atoms with Crippen LogP contribution in [0.3, 0.4) is 0 Å². The maximum atomic E-state index is 12.5. The van der Waals surface area contributed by atoms with Crippen molar-refractivity contribution in [3.8, 4) is 0 Å². The quantitative estimate of drug-likeness (QED) is 0.447. The molecule has 0 atom stereocenters. The minimum Gasteiger partial charge on any atom is -0.290 e. The number of rotatable bonds is 7. The summed E-state index contributed by atoms with van der Waals surface area (Å²) in [5.41, 5.74) is 4.57. The molecule has 1 aromatic heterocycles. The molecule has 0 spiro atoms. The molecular weight excluding hydrogens is 422 g/mol. The van der Waals surface area contributed by atoms with Crippen LogP contribution in [0.2, 0.25) is 0 Å². The summed E-state index contributed by atoms with van der Waals surface area (Å²) in [6.45, 7) is -0.242. The number of nitrogens with one attached hydrogen (secondary N) is 3. The SMILES string of the molecule is O=C(Cn1cccnc1=O)NNC(=O)c1cccc(S(=O)(=O)NCc2ccccc2)c1. The Bertz CT molecular complexity index is 1240. The van der Waals surface area contributed by atoms with E-state index in [2.05, 4.69) is 20.6 Å². The van der Waals surface area contributed by atoms with Crippen molar-refractivity contribution in [1.29, 1.82) is 0 Å². The van der Waals surface area contributed by atoms with Gasteiger partial charge in [0.15, 0.2) is 0 Å². The Labute approximate surface area is 178 Å². The average molecular weight is 441 g/mol. The van der Waals surface area contributed by atoms with Gasteiger partial charge in [-0.3, -0.25) is 25.0 Å². The van der Waals surface area contributed by atoms with Crippen LogP contribution in [-0.2, 0) is 27.9 Å². The Hall–Kier alpha value is -3.83. The maximum Gasteiger partial charge on any atom is 0.347 e. The molecule has 0 bridgehead atoms. The van der Waals surface area contributed by atoms with Gasteiger partial charge in [-0.15, -0.1) is 0 Å². The standard InChI is InChI=1S/C20H19N5O5S/c26-18(14-25-11-5-10-21-20(25)28)23-24-19(27)16-8-4-9-17(12-16)31(29,30)22-13-15-6-2-1-3-7-15/h1-12,22H,13-14H2,(H,23,26)(H,24,27). The third kappa shape index (κ3) is 6.07. The summed E-state index contributed by atoms with van der Waals surface area (Å²) in [4.78, 5) is 39.2. The van der Waals surface area contributed by atoms with E-state index in [9.17, 15) is 22.8 Å². The molecule has 0 aliphatic heterocycles. The van der Waals surface area contributed by atoms with Gasteiger partial charge in [0.2, 0.25) is 10.0 Å². The van der Waals surface area contributed by atoms with Crippen LogP contribution < -0.4 is 21.3 Å². The van der Waals surface area contributed by atoms with Gasteiger partial charge in [-0.1, -0.05) is 36.4 Å². The number of benzene rings is 2. The first-order chi connectivity index (χ1) is 14.8. The minimum atomic E-state index is -3.85. The van der Waals surface area contributed by atoms with Crippen molar-refractivity contribution in [2.45, 2.75) is 18.0 Å². The van der Waals surface area contributed by atoms with E-state index in [1.54, 1.807) is 24.3 Å². The molecule has 3 N–H and O–H groups in total. The van der Waals surface area contributed by atoms with Crippen molar-refractivity contribution in [2.75, 3.05) is 0 Å². The van der Waals surface area contributed by atoms with Crippen molar-refractivity contribution in [3.63, 3.8) is 0 Å². The third-order valence-electron chi connectivity index (χ3n) is 4.13. The molecule has 0 fully saturated rings. The molecule has 0 saturated carbocycles. The number of aromatic nitrogens is 2. The Kier molecular flexibility index (Phi) is 6.90. The van der Waals surface area contributed by atoms with Crippen molar-refractivity contribution >= 4 is 21.8 Å². The smallest absolute Gasteiger partial charge is 0.290 e. The highest BCUT2D eigenvalue weighted by atomic mass is 32.2. The normalized spacial score (nSPS) is 11.0. The molecule has 0 saturated heterocycles. The van der Waals surface area contributed by atoms with Crippen LogP contribution in [0.5, 0.6) is 0 Å². The van der Waals surface area contributed by atoms with Gasteiger partial charge in [0.25, 0.3) is 11.8 Å². The molecule has 0 aliphatic carbocycles. The van der Waals surface area contributed by atoms with Crippen LogP contribution in [0, 0.1) is 0 Å². The Morgan fingerprint density at radius 1 is 0.968 bits per heavy atom. The lowest BCUT2D eigenvalue weighted by molar-refractivity contribution is -0.122. The Balaban J connectivity index is 1.61. The molecule has 0 radical (unpaired) electrons. The van der Waals surface area contributed by atoms with Gasteiger partial charge < -0.3 is 0 Å². The summed E-state index contributed by atoms with van der Waals surface area (Å²) in [7, 11) is -3.85. The van der Waals surface area contributed by atoms with Crippen molar-refractivity contribution in [2.24, 2.45) is 0 Å². The van der Waals surface area contributed by atoms with E-state index in [0.29, 0.717) is 0 Å². The predicted molar refractivity (Wildman–Crippen MR) is 111 cm³/mol. The molecule has 1 heterocycles. The van der Waals surface area contributed by atoms with Crippen molar-refractivity contribution in [3.05, 3.63) is 94.7 Å². The Morgan fingerprint density at radius 2 is 1.74 bits per heavy atom. The topological polar surface area (TPSA) is 139 Å². The summed E-state index contributed by atoms with van der Waals surface area (Å²) < 4.78 is 28.6. The summed E-state index contributed by atoms with van der Waals surface area (Å²) in [5, 5.41) is 0. The van der Waals surface area contributed by atoms with E-state index in [-0.39, 0.29) is 23.5 Å². The highest BCUT2D eigenvalue weighted by Gasteiger charge is 2.16. The second-order valence-electron chi connectivity index (χ2n) is 6.37. The largest absolute Gasteiger partial charge is 0.347 e. The number of carbonyl (C=O) groups excluding carboxylic acids is 2. The summed E-state index contributed by atoms with van der Waals surface area (Å²) in [5.74, 6) is -1.37. The lowest BCUT2D eigenvalue weighted by Crippen LogP contribution is -2.44. The lowest BCUT2D eigenvalue weighted by Gasteiger charge is -2.10. The summed E-state index contributed by atoms with van der Waals surface area (Å²) in [6.07, 6.45) is 2.68. The van der Waals surface area contributed by atoms with Gasteiger partial charge >= 0.3 is 5.69 Å². The average Bonchev–Trinajstić information content (AvgIpc) is 2.78. The molecule has 3 rings (SSSR count). The van der Waals surface area contributed by atoms with Crippen LogP contribution in [0.4, 0.5) is 0 Å². The molecule has 10 nitrogen and oxygen atoms in total. The van der Waals surface area contributed by atoms with Gasteiger partial charge in [0.05, 0.1) is 4.90 Å². The fraction of sp³-hybridized carbons (Fsp3) is 0.100. The second-order valence-corrected chi connectivity index (χ2v) is 8.14. The van der Waals surface area contributed by atoms with Crippen LogP contribution in [0.1, 0.15) is 15.9 Å². The highest BCUT2D eigenvalue weighted by molar-refractivity contribution is 7.89. The monoisotopic (exact) mass is 441 g/mol. The first-order valence-electron chi connectivity index (χ1n) is 9.09. The van der Waals surface area contributed by atoms with Crippen molar-refractivity contribution in [1.82, 2.24) is 25.1 Å². The molecule has 2 amide bonds. The van der Waals surface area contributed by atoms with E-state index in [0.717, 1.165) is 10.1 Å². The van der Waals surface area contributed by atoms with Crippen LogP contribution in [-0.4, -0.2) is 29.8 Å². The zero-order valence-electron chi connectivity index (χ0n) is 16.2. The lowest BCUT2D eigenvalue weighted by atomic mass is 10.2. The van der Waals surface area contributed by atoms with Gasteiger partial charge in [-0.25, -0.2) is 22.9 Å². The second kappa shape index (κ2) is 9.78. The molecule has 0 aliphatic rings. The van der Waals surface area contributed by atoms with Gasteiger partial charge in [0.1, 0.15) is 6.54 Å². The number of hydrazine groups is 1. The Morgan fingerprint density at radius 3 is 2.48 bits per heavy atom. The van der Waals surface area contributed by atoms with E-state index < -0.39 is 27.5 Å². The zero-order valence-corrected chi connectivity index (χ0v) is 17.0. The van der Waals surface area contributed by atoms with E-state index in [1.165, 1.54) is 42.7 Å². The third-order valence-corrected chi connectivity index (χ3v) is 5.53. The number of hydrogen-bond donors (Lipinski definition) is 3. The van der Waals surface area contributed by atoms with Crippen molar-refractivity contribution < 1.29 is 18.0 Å². The molecular formula is C20H19N5O5S. The highest BCUT2D eigenvalue weighted by Crippen LogP contribution is 2.12. The van der Waals surface area contributed by atoms with E-state index in [4.69, 9.17) is 0 Å². The number of carbonyl (C=O) groups is 2. The van der Waals surface area contributed by atoms with Crippen LogP contribution in [0.25, 0.3) is 0 Å². The number of nitrogens with zero attached hydrogens (tertiary/aromatic N) is 2. The zero-order chi connectivity index (χ0) is 22.3. The predicted octanol–water partition coefficient (Wildman–Crippen LogP) is 0.183. The van der Waals surface area contributed by atoms with Gasteiger partial charge in [0, 0.05) is 24.5 Å². The minimum absolute atomic E-state index is 0.0291. The fourth-order valence-electron chi connectivity index (χ4n) is 2.56. The van der Waals surface area contributed by atoms with E-state index in [1.807, 2.05) is 6.07 Å². The molecule has 160 valence electrons. The molecule has 11 heteroatoms. The fourth-order valence-corrected chi connectivity index (χ4v) is 3.63.